The molecular weight excluding hydrogens is 246 g/mol. The minimum atomic E-state index is 0.474. The molecule has 1 aromatic rings. The van der Waals surface area contributed by atoms with Crippen molar-refractivity contribution in [2.24, 2.45) is 5.92 Å². The molecule has 0 spiro atoms. The van der Waals surface area contributed by atoms with Crippen molar-refractivity contribution in [3.8, 4) is 5.75 Å². The number of ether oxygens (including phenoxy) is 1. The lowest BCUT2D eigenvalue weighted by atomic mass is 9.85. The van der Waals surface area contributed by atoms with Crippen LogP contribution >= 0.6 is 0 Å². The molecule has 1 unspecified atom stereocenters. The topological polar surface area (TPSA) is 21.3 Å². The third kappa shape index (κ3) is 3.54. The highest BCUT2D eigenvalue weighted by molar-refractivity contribution is 5.39. The minimum Gasteiger partial charge on any atom is -0.493 e. The van der Waals surface area contributed by atoms with E-state index in [1.54, 1.807) is 0 Å². The van der Waals surface area contributed by atoms with Crippen LogP contribution in [-0.4, -0.2) is 13.7 Å². The predicted octanol–water partition coefficient (Wildman–Crippen LogP) is 4.49. The maximum absolute atomic E-state index is 5.73. The van der Waals surface area contributed by atoms with E-state index in [0.717, 1.165) is 31.1 Å². The van der Waals surface area contributed by atoms with E-state index in [9.17, 15) is 0 Å². The summed E-state index contributed by atoms with van der Waals surface area (Å²) < 4.78 is 5.73. The summed E-state index contributed by atoms with van der Waals surface area (Å²) >= 11 is 0. The summed E-state index contributed by atoms with van der Waals surface area (Å²) in [5.74, 6) is 1.83. The molecule has 0 fully saturated rings. The van der Waals surface area contributed by atoms with Crippen LogP contribution in [0.15, 0.2) is 18.2 Å². The lowest BCUT2D eigenvalue weighted by Gasteiger charge is -2.28. The zero-order valence-electron chi connectivity index (χ0n) is 13.2. The third-order valence-corrected chi connectivity index (χ3v) is 4.39. The molecule has 2 nitrogen and oxygen atoms in total. The van der Waals surface area contributed by atoms with Crippen LogP contribution in [0.4, 0.5) is 0 Å². The Morgan fingerprint density at radius 1 is 1.20 bits per heavy atom. The number of benzene rings is 1. The van der Waals surface area contributed by atoms with Gasteiger partial charge in [0.1, 0.15) is 5.75 Å². The molecule has 112 valence electrons. The lowest BCUT2D eigenvalue weighted by Crippen LogP contribution is -2.25. The van der Waals surface area contributed by atoms with Crippen LogP contribution in [0.25, 0.3) is 0 Å². The summed E-state index contributed by atoms with van der Waals surface area (Å²) in [6.07, 6.45) is 7.42. The van der Waals surface area contributed by atoms with Gasteiger partial charge in [0, 0.05) is 6.04 Å². The van der Waals surface area contributed by atoms with E-state index in [1.165, 1.54) is 36.8 Å². The van der Waals surface area contributed by atoms with Gasteiger partial charge in [0.05, 0.1) is 6.61 Å². The fourth-order valence-corrected chi connectivity index (χ4v) is 3.47. The first kappa shape index (κ1) is 15.4. The number of aryl methyl sites for hydroxylation is 1. The van der Waals surface area contributed by atoms with Gasteiger partial charge in [0.15, 0.2) is 0 Å². The Labute approximate surface area is 123 Å². The molecule has 0 radical (unpaired) electrons. The van der Waals surface area contributed by atoms with Gasteiger partial charge in [-0.05, 0) is 55.8 Å². The summed E-state index contributed by atoms with van der Waals surface area (Å²) in [4.78, 5) is 0. The van der Waals surface area contributed by atoms with Crippen LogP contribution in [-0.2, 0) is 6.42 Å². The van der Waals surface area contributed by atoms with Crippen molar-refractivity contribution in [1.82, 2.24) is 5.32 Å². The van der Waals surface area contributed by atoms with Crippen LogP contribution in [0.3, 0.4) is 0 Å². The fourth-order valence-electron chi connectivity index (χ4n) is 3.47. The normalized spacial score (nSPS) is 15.8. The summed E-state index contributed by atoms with van der Waals surface area (Å²) in [5, 5.41) is 3.55. The van der Waals surface area contributed by atoms with Gasteiger partial charge in [0.25, 0.3) is 0 Å². The Morgan fingerprint density at radius 3 is 2.60 bits per heavy atom. The van der Waals surface area contributed by atoms with Gasteiger partial charge in [-0.25, -0.2) is 0 Å². The SMILES string of the molecule is CCCC(CCC)C(NC)c1ccc2c(c1)CCCO2. The number of nitrogens with one attached hydrogen (secondary N) is 1. The second kappa shape index (κ2) is 7.68. The molecule has 0 bridgehead atoms. The summed E-state index contributed by atoms with van der Waals surface area (Å²) in [6, 6.07) is 7.27. The molecule has 0 amide bonds. The molecule has 0 saturated carbocycles. The highest BCUT2D eigenvalue weighted by atomic mass is 16.5. The van der Waals surface area contributed by atoms with Gasteiger partial charge in [-0.2, -0.15) is 0 Å². The Hall–Kier alpha value is -1.02. The first-order valence-corrected chi connectivity index (χ1v) is 8.23. The highest BCUT2D eigenvalue weighted by Gasteiger charge is 2.22. The van der Waals surface area contributed by atoms with Crippen LogP contribution in [0.1, 0.15) is 63.1 Å². The van der Waals surface area contributed by atoms with E-state index >= 15 is 0 Å². The van der Waals surface area contributed by atoms with Gasteiger partial charge < -0.3 is 10.1 Å². The first-order chi connectivity index (χ1) is 9.80. The van der Waals surface area contributed by atoms with E-state index in [0.29, 0.717) is 6.04 Å². The molecule has 20 heavy (non-hydrogen) atoms. The van der Waals surface area contributed by atoms with Crippen molar-refractivity contribution >= 4 is 0 Å². The second-order valence-electron chi connectivity index (χ2n) is 5.92. The van der Waals surface area contributed by atoms with Crippen molar-refractivity contribution < 1.29 is 4.74 Å². The van der Waals surface area contributed by atoms with E-state index in [4.69, 9.17) is 4.74 Å². The van der Waals surface area contributed by atoms with E-state index in [-0.39, 0.29) is 0 Å². The molecule has 1 aromatic carbocycles. The van der Waals surface area contributed by atoms with Crippen LogP contribution in [0.5, 0.6) is 5.75 Å². The van der Waals surface area contributed by atoms with Crippen molar-refractivity contribution in [2.75, 3.05) is 13.7 Å². The first-order valence-electron chi connectivity index (χ1n) is 8.23. The van der Waals surface area contributed by atoms with Gasteiger partial charge in [-0.3, -0.25) is 0 Å². The molecule has 1 heterocycles. The minimum absolute atomic E-state index is 0.474. The number of fused-ring (bicyclic) bond motifs is 1. The maximum atomic E-state index is 5.73. The van der Waals surface area contributed by atoms with Gasteiger partial charge in [0.2, 0.25) is 0 Å². The highest BCUT2D eigenvalue weighted by Crippen LogP contribution is 2.33. The molecule has 0 aliphatic carbocycles. The summed E-state index contributed by atoms with van der Waals surface area (Å²) in [7, 11) is 2.10. The Balaban J connectivity index is 2.21. The maximum Gasteiger partial charge on any atom is 0.122 e. The molecule has 1 atom stereocenters. The van der Waals surface area contributed by atoms with E-state index < -0.39 is 0 Å². The Morgan fingerprint density at radius 2 is 1.95 bits per heavy atom. The largest absolute Gasteiger partial charge is 0.493 e. The van der Waals surface area contributed by atoms with Gasteiger partial charge in [-0.15, -0.1) is 0 Å². The molecule has 2 rings (SSSR count). The standard InChI is InChI=1S/C18H29NO/c1-4-7-14(8-5-2)18(19-3)16-10-11-17-15(13-16)9-6-12-20-17/h10-11,13-14,18-19H,4-9,12H2,1-3H3. The molecule has 0 aromatic heterocycles. The molecule has 0 saturated heterocycles. The number of hydrogen-bond acceptors (Lipinski definition) is 2. The van der Waals surface area contributed by atoms with Crippen LogP contribution in [0.2, 0.25) is 0 Å². The lowest BCUT2D eigenvalue weighted by molar-refractivity contribution is 0.287. The Kier molecular flexibility index (Phi) is 5.90. The number of rotatable bonds is 7. The van der Waals surface area contributed by atoms with Crippen molar-refractivity contribution in [3.05, 3.63) is 29.3 Å². The molecular formula is C18H29NO. The van der Waals surface area contributed by atoms with Crippen molar-refractivity contribution in [2.45, 2.75) is 58.4 Å². The van der Waals surface area contributed by atoms with Crippen LogP contribution in [0, 0.1) is 5.92 Å². The summed E-state index contributed by atoms with van der Waals surface area (Å²) in [5.41, 5.74) is 2.82. The average molecular weight is 275 g/mol. The molecule has 2 heteroatoms. The molecule has 1 N–H and O–H groups in total. The van der Waals surface area contributed by atoms with E-state index in [2.05, 4.69) is 44.4 Å². The monoisotopic (exact) mass is 275 g/mol. The van der Waals surface area contributed by atoms with E-state index in [1.807, 2.05) is 0 Å². The van der Waals surface area contributed by atoms with Crippen molar-refractivity contribution in [1.29, 1.82) is 0 Å². The third-order valence-electron chi connectivity index (χ3n) is 4.39. The second-order valence-corrected chi connectivity index (χ2v) is 5.92. The zero-order chi connectivity index (χ0) is 14.4. The quantitative estimate of drug-likeness (QED) is 0.791. The fraction of sp³-hybridized carbons (Fsp3) is 0.667. The molecule has 1 aliphatic rings. The van der Waals surface area contributed by atoms with Gasteiger partial charge >= 0.3 is 0 Å². The smallest absolute Gasteiger partial charge is 0.122 e. The zero-order valence-corrected chi connectivity index (χ0v) is 13.2. The molecule has 1 aliphatic heterocycles. The van der Waals surface area contributed by atoms with Crippen LogP contribution < -0.4 is 10.1 Å². The van der Waals surface area contributed by atoms with Crippen molar-refractivity contribution in [3.63, 3.8) is 0 Å². The van der Waals surface area contributed by atoms with Gasteiger partial charge in [-0.1, -0.05) is 38.8 Å². The number of hydrogen-bond donors (Lipinski definition) is 1. The summed E-state index contributed by atoms with van der Waals surface area (Å²) in [6.45, 7) is 5.45. The average Bonchev–Trinajstić information content (AvgIpc) is 2.48. The Bertz CT molecular complexity index is 410. The predicted molar refractivity (Wildman–Crippen MR) is 85.4 cm³/mol.